The Hall–Kier alpha value is -2.28. The van der Waals surface area contributed by atoms with Crippen LogP contribution in [0.1, 0.15) is 24.0 Å². The Kier molecular flexibility index (Phi) is 6.23. The molecular weight excluding hydrogens is 382 g/mol. The lowest BCUT2D eigenvalue weighted by atomic mass is 9.97. The van der Waals surface area contributed by atoms with Crippen molar-refractivity contribution in [3.63, 3.8) is 0 Å². The molecule has 1 fully saturated rings. The van der Waals surface area contributed by atoms with E-state index in [0.29, 0.717) is 12.5 Å². The number of hydrogen-bond donors (Lipinski definition) is 1. The van der Waals surface area contributed by atoms with Crippen LogP contribution >= 0.6 is 0 Å². The van der Waals surface area contributed by atoms with E-state index in [1.165, 1.54) is 10.9 Å². The van der Waals surface area contributed by atoms with E-state index in [9.17, 15) is 8.42 Å². The van der Waals surface area contributed by atoms with Gasteiger partial charge < -0.3 is 0 Å². The smallest absolute Gasteiger partial charge is 0.215 e. The van der Waals surface area contributed by atoms with Gasteiger partial charge in [-0.05, 0) is 47.9 Å². The highest BCUT2D eigenvalue weighted by molar-refractivity contribution is 7.88. The number of sulfonamides is 1. The summed E-state index contributed by atoms with van der Waals surface area (Å²) in [6.07, 6.45) is 5.90. The highest BCUT2D eigenvalue weighted by Gasteiger charge is 2.22. The van der Waals surface area contributed by atoms with Crippen molar-refractivity contribution in [2.24, 2.45) is 5.92 Å². The summed E-state index contributed by atoms with van der Waals surface area (Å²) in [5.74, 6) is 0.375. The molecule has 3 aromatic rings. The van der Waals surface area contributed by atoms with Gasteiger partial charge in [-0.1, -0.05) is 48.5 Å². The summed E-state index contributed by atoms with van der Waals surface area (Å²) in [7, 11) is -3.31. The molecule has 152 valence electrons. The molecule has 1 atom stereocenters. The second-order valence-corrected chi connectivity index (χ2v) is 9.66. The van der Waals surface area contributed by atoms with E-state index in [0.717, 1.165) is 43.4 Å². The van der Waals surface area contributed by atoms with Gasteiger partial charge in [0.1, 0.15) is 0 Å². The van der Waals surface area contributed by atoms with E-state index in [4.69, 9.17) is 0 Å². The number of piperidine rings is 1. The van der Waals surface area contributed by atoms with Crippen LogP contribution in [0.15, 0.2) is 67.0 Å². The van der Waals surface area contributed by atoms with E-state index in [2.05, 4.69) is 38.9 Å². The summed E-state index contributed by atoms with van der Waals surface area (Å²) in [6.45, 7) is 3.35. The summed E-state index contributed by atoms with van der Waals surface area (Å²) >= 11 is 0. The highest BCUT2D eigenvalue weighted by atomic mass is 32.2. The molecule has 0 spiro atoms. The predicted molar refractivity (Wildman–Crippen MR) is 117 cm³/mol. The molecule has 1 aromatic heterocycles. The van der Waals surface area contributed by atoms with Crippen LogP contribution in [0.4, 0.5) is 0 Å². The van der Waals surface area contributed by atoms with Crippen LogP contribution < -0.4 is 4.72 Å². The molecule has 0 bridgehead atoms. The lowest BCUT2D eigenvalue weighted by Crippen LogP contribution is -2.40. The number of hydrogen-bond acceptors (Lipinski definition) is 4. The number of benzene rings is 2. The zero-order chi connectivity index (χ0) is 20.1. The molecule has 29 heavy (non-hydrogen) atoms. The van der Waals surface area contributed by atoms with Gasteiger partial charge in [-0.25, -0.2) is 13.1 Å². The molecule has 0 aliphatic carbocycles. The molecule has 0 radical (unpaired) electrons. The van der Waals surface area contributed by atoms with Gasteiger partial charge in [0.2, 0.25) is 10.0 Å². The number of nitrogens with one attached hydrogen (secondary N) is 1. The van der Waals surface area contributed by atoms with Crippen LogP contribution in [0.5, 0.6) is 0 Å². The maximum absolute atomic E-state index is 12.4. The van der Waals surface area contributed by atoms with Gasteiger partial charge in [-0.2, -0.15) is 0 Å². The molecule has 1 aliphatic rings. The Labute approximate surface area is 172 Å². The number of nitrogens with zero attached hydrogens (tertiary/aromatic N) is 2. The number of likely N-dealkylation sites (tertiary alicyclic amines) is 1. The molecular formula is C23H27N3O2S. The molecule has 1 N–H and O–H groups in total. The van der Waals surface area contributed by atoms with Crippen molar-refractivity contribution in [2.45, 2.75) is 25.1 Å². The van der Waals surface area contributed by atoms with E-state index >= 15 is 0 Å². The average molecular weight is 410 g/mol. The van der Waals surface area contributed by atoms with Gasteiger partial charge in [0.25, 0.3) is 0 Å². The predicted octanol–water partition coefficient (Wildman–Crippen LogP) is 3.57. The maximum Gasteiger partial charge on any atom is 0.215 e. The summed E-state index contributed by atoms with van der Waals surface area (Å²) < 4.78 is 27.7. The summed E-state index contributed by atoms with van der Waals surface area (Å²) in [6, 6.07) is 17.7. The van der Waals surface area contributed by atoms with Crippen molar-refractivity contribution >= 4 is 20.8 Å². The molecule has 2 aromatic carbocycles. The first-order chi connectivity index (χ1) is 14.1. The Bertz CT molecular complexity index is 1050. The lowest BCUT2D eigenvalue weighted by Gasteiger charge is -2.33. The minimum atomic E-state index is -3.31. The Morgan fingerprint density at radius 2 is 1.93 bits per heavy atom. The van der Waals surface area contributed by atoms with Crippen molar-refractivity contribution in [3.05, 3.63) is 78.1 Å². The van der Waals surface area contributed by atoms with Gasteiger partial charge in [0.15, 0.2) is 0 Å². The van der Waals surface area contributed by atoms with Crippen LogP contribution in [-0.2, 0) is 22.3 Å². The van der Waals surface area contributed by atoms with Gasteiger partial charge in [0, 0.05) is 37.4 Å². The Balaban J connectivity index is 1.35. The maximum atomic E-state index is 12.4. The first kappa shape index (κ1) is 20.0. The van der Waals surface area contributed by atoms with Crippen LogP contribution in [0, 0.1) is 5.92 Å². The molecule has 1 aliphatic heterocycles. The van der Waals surface area contributed by atoms with Gasteiger partial charge in [-0.3, -0.25) is 9.88 Å². The summed E-state index contributed by atoms with van der Waals surface area (Å²) in [4.78, 5) is 6.65. The number of fused-ring (bicyclic) bond motifs is 1. The standard InChI is InChI=1S/C23H27N3O2S/c27-29(28,18-19-6-2-1-3-7-19)25-14-20-8-5-13-26(16-20)17-22-10-4-9-21-15-24-12-11-23(21)22/h1-4,6-7,9-12,15,20,25H,5,8,13-14,16-18H2/t20-/m0/s1. The van der Waals surface area contributed by atoms with Crippen molar-refractivity contribution in [1.82, 2.24) is 14.6 Å². The molecule has 0 saturated carbocycles. The monoisotopic (exact) mass is 409 g/mol. The van der Waals surface area contributed by atoms with Crippen LogP contribution in [0.3, 0.4) is 0 Å². The van der Waals surface area contributed by atoms with E-state index in [1.807, 2.05) is 42.7 Å². The zero-order valence-electron chi connectivity index (χ0n) is 16.5. The SMILES string of the molecule is O=S(=O)(Cc1ccccc1)NC[C@@H]1CCCN(Cc2cccc3cnccc23)C1. The largest absolute Gasteiger partial charge is 0.299 e. The van der Waals surface area contributed by atoms with Crippen LogP contribution in [0.25, 0.3) is 10.8 Å². The molecule has 6 heteroatoms. The second kappa shape index (κ2) is 9.03. The summed E-state index contributed by atoms with van der Waals surface area (Å²) in [5.41, 5.74) is 2.12. The lowest BCUT2D eigenvalue weighted by molar-refractivity contribution is 0.169. The molecule has 1 saturated heterocycles. The van der Waals surface area contributed by atoms with Gasteiger partial charge in [-0.15, -0.1) is 0 Å². The van der Waals surface area contributed by atoms with Crippen LogP contribution in [-0.4, -0.2) is 37.9 Å². The van der Waals surface area contributed by atoms with Gasteiger partial charge >= 0.3 is 0 Å². The average Bonchev–Trinajstić information content (AvgIpc) is 2.73. The minimum absolute atomic E-state index is 0.0360. The Morgan fingerprint density at radius 1 is 1.07 bits per heavy atom. The third kappa shape index (κ3) is 5.41. The fourth-order valence-electron chi connectivity index (χ4n) is 4.12. The van der Waals surface area contributed by atoms with E-state index in [-0.39, 0.29) is 5.75 Å². The van der Waals surface area contributed by atoms with Crippen molar-refractivity contribution in [2.75, 3.05) is 19.6 Å². The third-order valence-electron chi connectivity index (χ3n) is 5.56. The quantitative estimate of drug-likeness (QED) is 0.648. The minimum Gasteiger partial charge on any atom is -0.299 e. The summed E-state index contributed by atoms with van der Waals surface area (Å²) in [5, 5.41) is 2.40. The van der Waals surface area contributed by atoms with Crippen molar-refractivity contribution < 1.29 is 8.42 Å². The number of aromatic nitrogens is 1. The molecule has 5 nitrogen and oxygen atoms in total. The van der Waals surface area contributed by atoms with Crippen LogP contribution in [0.2, 0.25) is 0 Å². The van der Waals surface area contributed by atoms with E-state index < -0.39 is 10.0 Å². The fraction of sp³-hybridized carbons (Fsp3) is 0.348. The number of pyridine rings is 1. The van der Waals surface area contributed by atoms with Crippen molar-refractivity contribution in [1.29, 1.82) is 0 Å². The number of rotatable bonds is 7. The normalized spacial score (nSPS) is 18.1. The topological polar surface area (TPSA) is 62.3 Å². The zero-order valence-corrected chi connectivity index (χ0v) is 17.3. The molecule has 0 amide bonds. The van der Waals surface area contributed by atoms with Gasteiger partial charge in [0.05, 0.1) is 5.75 Å². The second-order valence-electron chi connectivity index (χ2n) is 7.85. The fourth-order valence-corrected chi connectivity index (χ4v) is 5.34. The van der Waals surface area contributed by atoms with Crippen molar-refractivity contribution in [3.8, 4) is 0 Å². The first-order valence-electron chi connectivity index (χ1n) is 10.1. The van der Waals surface area contributed by atoms with E-state index in [1.54, 1.807) is 0 Å². The molecule has 4 rings (SSSR count). The first-order valence-corrected chi connectivity index (χ1v) is 11.8. The molecule has 0 unspecified atom stereocenters. The Morgan fingerprint density at radius 3 is 2.79 bits per heavy atom. The third-order valence-corrected chi connectivity index (χ3v) is 6.88. The molecule has 2 heterocycles. The highest BCUT2D eigenvalue weighted by Crippen LogP contribution is 2.23.